The second-order valence-corrected chi connectivity index (χ2v) is 5.24. The molecule has 1 N–H and O–H groups in total. The Morgan fingerprint density at radius 3 is 2.46 bits per heavy atom. The number of hydrazone groups is 1. The van der Waals surface area contributed by atoms with Crippen molar-refractivity contribution < 1.29 is 9.53 Å². The summed E-state index contributed by atoms with van der Waals surface area (Å²) in [6.45, 7) is 6.12. The SMILES string of the molecule is C=CCOc1ccc(C(=O)NN=C(CCC)c2ccccc2)cc1. The fourth-order valence-corrected chi connectivity index (χ4v) is 2.17. The van der Waals surface area contributed by atoms with Gasteiger partial charge in [0.25, 0.3) is 5.91 Å². The van der Waals surface area contributed by atoms with Crippen molar-refractivity contribution in [1.82, 2.24) is 5.43 Å². The first kappa shape index (κ1) is 17.5. The Kier molecular flexibility index (Phi) is 6.77. The number of hydrogen-bond donors (Lipinski definition) is 1. The first-order chi connectivity index (χ1) is 11.7. The molecule has 0 unspecified atom stereocenters. The van der Waals surface area contributed by atoms with Crippen LogP contribution in [0.5, 0.6) is 5.75 Å². The fourth-order valence-electron chi connectivity index (χ4n) is 2.17. The van der Waals surface area contributed by atoms with Crippen LogP contribution in [0.4, 0.5) is 0 Å². The highest BCUT2D eigenvalue weighted by Gasteiger charge is 2.07. The van der Waals surface area contributed by atoms with Crippen molar-refractivity contribution in [3.8, 4) is 5.75 Å². The summed E-state index contributed by atoms with van der Waals surface area (Å²) >= 11 is 0. The summed E-state index contributed by atoms with van der Waals surface area (Å²) in [6, 6.07) is 16.8. The maximum Gasteiger partial charge on any atom is 0.271 e. The molecule has 0 saturated heterocycles. The van der Waals surface area contributed by atoms with E-state index in [4.69, 9.17) is 4.74 Å². The molecule has 0 heterocycles. The summed E-state index contributed by atoms with van der Waals surface area (Å²) in [5.41, 5.74) is 5.07. The molecule has 124 valence electrons. The Morgan fingerprint density at radius 1 is 1.12 bits per heavy atom. The van der Waals surface area contributed by atoms with Gasteiger partial charge in [0.1, 0.15) is 12.4 Å². The standard InChI is InChI=1S/C20H22N2O2/c1-3-8-19(16-9-6-5-7-10-16)21-22-20(23)17-11-13-18(14-12-17)24-15-4-2/h4-7,9-14H,2-3,8,15H2,1H3,(H,22,23). The predicted octanol–water partition coefficient (Wildman–Crippen LogP) is 4.19. The average Bonchev–Trinajstić information content (AvgIpc) is 2.64. The largest absolute Gasteiger partial charge is 0.490 e. The molecular weight excluding hydrogens is 300 g/mol. The van der Waals surface area contributed by atoms with Gasteiger partial charge in [0.05, 0.1) is 5.71 Å². The monoisotopic (exact) mass is 322 g/mol. The van der Waals surface area contributed by atoms with E-state index in [9.17, 15) is 4.79 Å². The van der Waals surface area contributed by atoms with Gasteiger partial charge in [-0.15, -0.1) is 0 Å². The van der Waals surface area contributed by atoms with Gasteiger partial charge in [0, 0.05) is 5.56 Å². The first-order valence-electron chi connectivity index (χ1n) is 8.00. The molecule has 0 spiro atoms. The molecule has 0 radical (unpaired) electrons. The molecule has 0 fully saturated rings. The third-order valence-electron chi connectivity index (χ3n) is 3.37. The lowest BCUT2D eigenvalue weighted by molar-refractivity contribution is 0.0954. The number of carbonyl (C=O) groups is 1. The van der Waals surface area contributed by atoms with E-state index < -0.39 is 0 Å². The van der Waals surface area contributed by atoms with E-state index in [0.29, 0.717) is 17.9 Å². The van der Waals surface area contributed by atoms with Gasteiger partial charge < -0.3 is 4.74 Å². The molecule has 1 amide bonds. The summed E-state index contributed by atoms with van der Waals surface area (Å²) in [5.74, 6) is 0.459. The van der Waals surface area contributed by atoms with E-state index in [-0.39, 0.29) is 5.91 Å². The van der Waals surface area contributed by atoms with Crippen molar-refractivity contribution in [1.29, 1.82) is 0 Å². The molecule has 2 aromatic rings. The van der Waals surface area contributed by atoms with Crippen LogP contribution in [0.25, 0.3) is 0 Å². The van der Waals surface area contributed by atoms with Crippen LogP contribution in [0, 0.1) is 0 Å². The van der Waals surface area contributed by atoms with E-state index in [2.05, 4.69) is 24.0 Å². The molecule has 0 aliphatic carbocycles. The van der Waals surface area contributed by atoms with Gasteiger partial charge in [-0.1, -0.05) is 56.3 Å². The first-order valence-corrected chi connectivity index (χ1v) is 8.00. The highest BCUT2D eigenvalue weighted by Crippen LogP contribution is 2.12. The quantitative estimate of drug-likeness (QED) is 0.450. The zero-order chi connectivity index (χ0) is 17.2. The molecule has 2 rings (SSSR count). The number of amides is 1. The van der Waals surface area contributed by atoms with E-state index >= 15 is 0 Å². The highest BCUT2D eigenvalue weighted by atomic mass is 16.5. The average molecular weight is 322 g/mol. The van der Waals surface area contributed by atoms with Crippen LogP contribution in [0.1, 0.15) is 35.7 Å². The smallest absolute Gasteiger partial charge is 0.271 e. The third-order valence-corrected chi connectivity index (χ3v) is 3.37. The van der Waals surface area contributed by atoms with Crippen molar-refractivity contribution in [2.24, 2.45) is 5.10 Å². The summed E-state index contributed by atoms with van der Waals surface area (Å²) in [4.78, 5) is 12.2. The molecule has 4 heteroatoms. The molecule has 2 aromatic carbocycles. The number of ether oxygens (including phenoxy) is 1. The van der Waals surface area contributed by atoms with Gasteiger partial charge in [-0.25, -0.2) is 5.43 Å². The van der Waals surface area contributed by atoms with Crippen molar-refractivity contribution in [3.05, 3.63) is 78.4 Å². The van der Waals surface area contributed by atoms with E-state index in [1.165, 1.54) is 0 Å². The van der Waals surface area contributed by atoms with Crippen LogP contribution in [0.3, 0.4) is 0 Å². The molecular formula is C20H22N2O2. The number of nitrogens with zero attached hydrogens (tertiary/aromatic N) is 1. The van der Waals surface area contributed by atoms with E-state index in [1.54, 1.807) is 30.3 Å². The predicted molar refractivity (Wildman–Crippen MR) is 97.5 cm³/mol. The molecule has 0 atom stereocenters. The zero-order valence-corrected chi connectivity index (χ0v) is 13.9. The molecule has 0 aromatic heterocycles. The maximum absolute atomic E-state index is 12.2. The van der Waals surface area contributed by atoms with Gasteiger partial charge in [-0.05, 0) is 36.2 Å². The number of rotatable bonds is 8. The Bertz CT molecular complexity index is 691. The number of nitrogens with one attached hydrogen (secondary N) is 1. The minimum atomic E-state index is -0.241. The van der Waals surface area contributed by atoms with Crippen LogP contribution in [-0.2, 0) is 0 Å². The lowest BCUT2D eigenvalue weighted by Gasteiger charge is -2.07. The second kappa shape index (κ2) is 9.30. The lowest BCUT2D eigenvalue weighted by atomic mass is 10.1. The molecule has 0 aliphatic heterocycles. The normalized spacial score (nSPS) is 11.0. The summed E-state index contributed by atoms with van der Waals surface area (Å²) in [6.07, 6.45) is 3.44. The number of benzene rings is 2. The van der Waals surface area contributed by atoms with Crippen molar-refractivity contribution in [2.45, 2.75) is 19.8 Å². The molecule has 4 nitrogen and oxygen atoms in total. The molecule has 0 bridgehead atoms. The lowest BCUT2D eigenvalue weighted by Crippen LogP contribution is -2.20. The summed E-state index contributed by atoms with van der Waals surface area (Å²) < 4.78 is 5.40. The van der Waals surface area contributed by atoms with Crippen LogP contribution in [-0.4, -0.2) is 18.2 Å². The minimum absolute atomic E-state index is 0.241. The minimum Gasteiger partial charge on any atom is -0.490 e. The van der Waals surface area contributed by atoms with Gasteiger partial charge >= 0.3 is 0 Å². The van der Waals surface area contributed by atoms with Gasteiger partial charge in [-0.3, -0.25) is 4.79 Å². The Hall–Kier alpha value is -2.88. The Morgan fingerprint density at radius 2 is 1.83 bits per heavy atom. The van der Waals surface area contributed by atoms with Gasteiger partial charge in [0.15, 0.2) is 0 Å². The summed E-state index contributed by atoms with van der Waals surface area (Å²) in [7, 11) is 0. The van der Waals surface area contributed by atoms with E-state index in [0.717, 1.165) is 24.1 Å². The van der Waals surface area contributed by atoms with Crippen LogP contribution in [0.2, 0.25) is 0 Å². The second-order valence-electron chi connectivity index (χ2n) is 5.24. The molecule has 0 saturated carbocycles. The summed E-state index contributed by atoms with van der Waals surface area (Å²) in [5, 5.41) is 4.30. The van der Waals surface area contributed by atoms with Gasteiger partial charge in [0.2, 0.25) is 0 Å². The van der Waals surface area contributed by atoms with Crippen LogP contribution < -0.4 is 10.2 Å². The van der Waals surface area contributed by atoms with Crippen molar-refractivity contribution in [3.63, 3.8) is 0 Å². The topological polar surface area (TPSA) is 50.7 Å². The van der Waals surface area contributed by atoms with Crippen molar-refractivity contribution >= 4 is 11.6 Å². The van der Waals surface area contributed by atoms with E-state index in [1.807, 2.05) is 30.3 Å². The Labute approximate surface area is 142 Å². The fraction of sp³-hybridized carbons (Fsp3) is 0.200. The maximum atomic E-state index is 12.2. The number of carbonyl (C=O) groups excluding carboxylic acids is 1. The van der Waals surface area contributed by atoms with Gasteiger partial charge in [-0.2, -0.15) is 5.10 Å². The Balaban J connectivity index is 2.05. The van der Waals surface area contributed by atoms with Crippen molar-refractivity contribution in [2.75, 3.05) is 6.61 Å². The zero-order valence-electron chi connectivity index (χ0n) is 13.9. The molecule has 24 heavy (non-hydrogen) atoms. The van der Waals surface area contributed by atoms with Crippen LogP contribution in [0.15, 0.2) is 72.4 Å². The van der Waals surface area contributed by atoms with Crippen LogP contribution >= 0.6 is 0 Å². The number of hydrogen-bond acceptors (Lipinski definition) is 3. The third kappa shape index (κ3) is 5.09. The highest BCUT2D eigenvalue weighted by molar-refractivity contribution is 6.02. The molecule has 0 aliphatic rings.